The highest BCUT2D eigenvalue weighted by molar-refractivity contribution is 6.10. The van der Waals surface area contributed by atoms with Gasteiger partial charge in [0.1, 0.15) is 0 Å². The molecule has 1 aliphatic carbocycles. The Kier molecular flexibility index (Phi) is 7.97. The molecule has 0 amide bonds. The summed E-state index contributed by atoms with van der Waals surface area (Å²) in [6.45, 7) is 11.4. The maximum absolute atomic E-state index is 15.5. The SMILES string of the molecule is CCN(CC)CC1C=C(C(=O)c2ccccc2)C=C(C(C)(C)C)C1(O)F.Cl. The van der Waals surface area contributed by atoms with Crippen LogP contribution in [0.4, 0.5) is 4.39 Å². The molecule has 2 rings (SSSR count). The van der Waals surface area contributed by atoms with E-state index in [1.54, 1.807) is 18.2 Å². The molecule has 150 valence electrons. The lowest BCUT2D eigenvalue weighted by molar-refractivity contribution is -0.106. The van der Waals surface area contributed by atoms with Gasteiger partial charge in [-0.25, -0.2) is 4.39 Å². The highest BCUT2D eigenvalue weighted by Crippen LogP contribution is 2.44. The van der Waals surface area contributed by atoms with Gasteiger partial charge in [-0.05, 0) is 24.6 Å². The van der Waals surface area contributed by atoms with Gasteiger partial charge in [-0.2, -0.15) is 0 Å². The topological polar surface area (TPSA) is 40.5 Å². The third kappa shape index (κ3) is 5.28. The van der Waals surface area contributed by atoms with E-state index in [1.165, 1.54) is 6.08 Å². The number of halogens is 2. The minimum Gasteiger partial charge on any atom is -0.358 e. The van der Waals surface area contributed by atoms with Gasteiger partial charge in [0.2, 0.25) is 5.85 Å². The third-order valence-corrected chi connectivity index (χ3v) is 5.01. The van der Waals surface area contributed by atoms with E-state index in [4.69, 9.17) is 0 Å². The Bertz CT molecular complexity index is 701. The first-order valence-corrected chi connectivity index (χ1v) is 9.29. The van der Waals surface area contributed by atoms with Gasteiger partial charge in [-0.3, -0.25) is 4.79 Å². The standard InChI is InChI=1S/C22H30FNO2.ClH/c1-6-24(7-2)15-18-13-17(20(25)16-11-9-8-10-12-16)14-19(21(3,4)5)22(18,23)26;/h8-14,18,26H,6-7,15H2,1-5H3;1H. The van der Waals surface area contributed by atoms with Crippen molar-refractivity contribution in [1.82, 2.24) is 4.90 Å². The Balaban J connectivity index is 0.00000364. The van der Waals surface area contributed by atoms with Crippen LogP contribution in [0.25, 0.3) is 0 Å². The van der Waals surface area contributed by atoms with Gasteiger partial charge in [-0.15, -0.1) is 12.4 Å². The van der Waals surface area contributed by atoms with E-state index in [2.05, 4.69) is 4.90 Å². The molecular formula is C22H31ClFNO2. The average molecular weight is 396 g/mol. The Labute approximate surface area is 168 Å². The zero-order chi connectivity index (χ0) is 19.5. The number of Topliss-reactive ketones (excluding diaryl/α,β-unsaturated/α-hetero) is 1. The lowest BCUT2D eigenvalue weighted by Crippen LogP contribution is -2.46. The van der Waals surface area contributed by atoms with Crippen LogP contribution < -0.4 is 0 Å². The van der Waals surface area contributed by atoms with Crippen molar-refractivity contribution in [2.24, 2.45) is 11.3 Å². The molecule has 27 heavy (non-hydrogen) atoms. The summed E-state index contributed by atoms with van der Waals surface area (Å²) < 4.78 is 15.5. The number of alkyl halides is 1. The van der Waals surface area contributed by atoms with Crippen molar-refractivity contribution in [3.05, 3.63) is 59.2 Å². The summed E-state index contributed by atoms with van der Waals surface area (Å²) in [6.07, 6.45) is 3.14. The molecule has 0 spiro atoms. The van der Waals surface area contributed by atoms with E-state index in [0.717, 1.165) is 13.1 Å². The summed E-state index contributed by atoms with van der Waals surface area (Å²) in [5.74, 6) is -3.40. The number of carbonyl (C=O) groups is 1. The van der Waals surface area contributed by atoms with E-state index >= 15 is 4.39 Å². The van der Waals surface area contributed by atoms with Gasteiger partial charge in [0, 0.05) is 23.3 Å². The monoisotopic (exact) mass is 395 g/mol. The Morgan fingerprint density at radius 3 is 2.22 bits per heavy atom. The number of aliphatic hydroxyl groups is 1. The molecular weight excluding hydrogens is 365 g/mol. The minimum atomic E-state index is -2.47. The fourth-order valence-electron chi connectivity index (χ4n) is 3.41. The van der Waals surface area contributed by atoms with E-state index in [0.29, 0.717) is 17.7 Å². The van der Waals surface area contributed by atoms with Crippen molar-refractivity contribution in [3.8, 4) is 0 Å². The predicted molar refractivity (Wildman–Crippen MR) is 111 cm³/mol. The molecule has 3 nitrogen and oxygen atoms in total. The first-order valence-electron chi connectivity index (χ1n) is 9.29. The highest BCUT2D eigenvalue weighted by atomic mass is 35.5. The molecule has 1 N–H and O–H groups in total. The Morgan fingerprint density at radius 1 is 1.19 bits per heavy atom. The number of allylic oxidation sites excluding steroid dienone is 2. The summed E-state index contributed by atoms with van der Waals surface area (Å²) in [5.41, 5.74) is 0.667. The number of benzene rings is 1. The van der Waals surface area contributed by atoms with Crippen LogP contribution in [0.3, 0.4) is 0 Å². The van der Waals surface area contributed by atoms with Crippen molar-refractivity contribution in [3.63, 3.8) is 0 Å². The summed E-state index contributed by atoms with van der Waals surface area (Å²) in [6, 6.07) is 8.98. The van der Waals surface area contributed by atoms with Crippen molar-refractivity contribution >= 4 is 18.2 Å². The van der Waals surface area contributed by atoms with Crippen LogP contribution in [0, 0.1) is 11.3 Å². The highest BCUT2D eigenvalue weighted by Gasteiger charge is 2.47. The molecule has 0 heterocycles. The average Bonchev–Trinajstić information content (AvgIpc) is 2.59. The zero-order valence-corrected chi connectivity index (χ0v) is 17.6. The molecule has 2 unspecified atom stereocenters. The van der Waals surface area contributed by atoms with Crippen molar-refractivity contribution in [1.29, 1.82) is 0 Å². The van der Waals surface area contributed by atoms with Gasteiger partial charge in [-0.1, -0.05) is 71.0 Å². The molecule has 0 aromatic heterocycles. The molecule has 0 radical (unpaired) electrons. The fraction of sp³-hybridized carbons (Fsp3) is 0.500. The first kappa shape index (κ1) is 23.5. The number of hydrogen-bond acceptors (Lipinski definition) is 3. The van der Waals surface area contributed by atoms with Gasteiger partial charge >= 0.3 is 0 Å². The number of nitrogens with zero attached hydrogens (tertiary/aromatic N) is 1. The second-order valence-electron chi connectivity index (χ2n) is 7.89. The van der Waals surface area contributed by atoms with Crippen LogP contribution in [0.2, 0.25) is 0 Å². The van der Waals surface area contributed by atoms with E-state index in [1.807, 2.05) is 52.8 Å². The molecule has 2 atom stereocenters. The lowest BCUT2D eigenvalue weighted by atomic mass is 9.72. The number of ketones is 1. The maximum Gasteiger partial charge on any atom is 0.237 e. The van der Waals surface area contributed by atoms with E-state index < -0.39 is 17.2 Å². The van der Waals surface area contributed by atoms with Gasteiger partial charge in [0.05, 0.1) is 5.92 Å². The molecule has 1 aliphatic rings. The molecule has 0 bridgehead atoms. The van der Waals surface area contributed by atoms with Gasteiger partial charge < -0.3 is 10.0 Å². The van der Waals surface area contributed by atoms with E-state index in [-0.39, 0.29) is 23.8 Å². The molecule has 5 heteroatoms. The second-order valence-corrected chi connectivity index (χ2v) is 7.89. The molecule has 1 aromatic carbocycles. The van der Waals surface area contributed by atoms with Crippen molar-refractivity contribution in [2.45, 2.75) is 40.5 Å². The largest absolute Gasteiger partial charge is 0.358 e. The second kappa shape index (κ2) is 9.13. The van der Waals surface area contributed by atoms with Crippen molar-refractivity contribution in [2.75, 3.05) is 19.6 Å². The number of rotatable bonds is 6. The van der Waals surface area contributed by atoms with Crippen LogP contribution in [0.5, 0.6) is 0 Å². The smallest absolute Gasteiger partial charge is 0.237 e. The normalized spacial score (nSPS) is 22.7. The Morgan fingerprint density at radius 2 is 1.74 bits per heavy atom. The number of hydrogen-bond donors (Lipinski definition) is 1. The molecule has 0 aliphatic heterocycles. The summed E-state index contributed by atoms with van der Waals surface area (Å²) >= 11 is 0. The van der Waals surface area contributed by atoms with Crippen LogP contribution >= 0.6 is 12.4 Å². The van der Waals surface area contributed by atoms with Gasteiger partial charge in [0.15, 0.2) is 5.78 Å². The fourth-order valence-corrected chi connectivity index (χ4v) is 3.41. The van der Waals surface area contributed by atoms with Crippen LogP contribution in [-0.4, -0.2) is 41.3 Å². The summed E-state index contributed by atoms with van der Waals surface area (Å²) in [5, 5.41) is 10.7. The first-order chi connectivity index (χ1) is 12.1. The zero-order valence-electron chi connectivity index (χ0n) is 16.8. The molecule has 0 saturated carbocycles. The number of carbonyl (C=O) groups excluding carboxylic acids is 1. The summed E-state index contributed by atoms with van der Waals surface area (Å²) in [4.78, 5) is 15.0. The molecule has 0 saturated heterocycles. The van der Waals surface area contributed by atoms with Crippen LogP contribution in [0.1, 0.15) is 45.0 Å². The Hall–Kier alpha value is -1.49. The minimum absolute atomic E-state index is 0. The predicted octanol–water partition coefficient (Wildman–Crippen LogP) is 4.82. The third-order valence-electron chi connectivity index (χ3n) is 5.01. The molecule has 0 fully saturated rings. The van der Waals surface area contributed by atoms with Crippen molar-refractivity contribution < 1.29 is 14.3 Å². The van der Waals surface area contributed by atoms with Crippen LogP contribution in [0.15, 0.2) is 53.6 Å². The quantitative estimate of drug-likeness (QED) is 0.702. The molecule has 1 aromatic rings. The van der Waals surface area contributed by atoms with Crippen LogP contribution in [-0.2, 0) is 0 Å². The lowest BCUT2D eigenvalue weighted by Gasteiger charge is -2.40. The maximum atomic E-state index is 15.5. The summed E-state index contributed by atoms with van der Waals surface area (Å²) in [7, 11) is 0. The van der Waals surface area contributed by atoms with Gasteiger partial charge in [0.25, 0.3) is 0 Å². The van der Waals surface area contributed by atoms with E-state index in [9.17, 15) is 9.90 Å².